The molecule has 0 aliphatic heterocycles. The largest absolute Gasteiger partial charge is 0.424 e. The van der Waals surface area contributed by atoms with Crippen LogP contribution >= 0.6 is 0 Å². The van der Waals surface area contributed by atoms with Crippen molar-refractivity contribution in [1.82, 2.24) is 9.97 Å². The number of carbonyl (C=O) groups is 1. The number of alkyl halides is 1. The van der Waals surface area contributed by atoms with Gasteiger partial charge in [0.25, 0.3) is 0 Å². The molecule has 204 valence electrons. The number of aryl methyl sites for hydroxylation is 1. The minimum atomic E-state index is -1.99. The normalized spacial score (nSPS) is 12.7. The molecule has 3 rings (SSSR count). The van der Waals surface area contributed by atoms with Crippen LogP contribution in [0.25, 0.3) is 22.5 Å². The summed E-state index contributed by atoms with van der Waals surface area (Å²) >= 11 is 0. The highest BCUT2D eigenvalue weighted by Gasteiger charge is 2.34. The van der Waals surface area contributed by atoms with Gasteiger partial charge >= 0.3 is 5.97 Å². The Morgan fingerprint density at radius 1 is 0.737 bits per heavy atom. The van der Waals surface area contributed by atoms with Crippen LogP contribution in [0.15, 0.2) is 60.9 Å². The van der Waals surface area contributed by atoms with Crippen molar-refractivity contribution in [2.75, 3.05) is 0 Å². The van der Waals surface area contributed by atoms with E-state index in [1.165, 1.54) is 51.0 Å². The number of halogens is 1. The van der Waals surface area contributed by atoms with Gasteiger partial charge < -0.3 is 4.74 Å². The fourth-order valence-electron chi connectivity index (χ4n) is 4.47. The summed E-state index contributed by atoms with van der Waals surface area (Å²) in [5, 5.41) is 0. The second-order valence-electron chi connectivity index (χ2n) is 10.4. The van der Waals surface area contributed by atoms with E-state index < -0.39 is 11.6 Å². The number of hydrogen-bond donors (Lipinski definition) is 0. The summed E-state index contributed by atoms with van der Waals surface area (Å²) in [7, 11) is 0. The molecule has 0 fully saturated rings. The maximum atomic E-state index is 14.9. The van der Waals surface area contributed by atoms with E-state index in [9.17, 15) is 9.18 Å². The Bertz CT molecular complexity index is 1090. The smallest absolute Gasteiger partial charge is 0.348 e. The zero-order chi connectivity index (χ0) is 27.2. The molecule has 0 saturated heterocycles. The molecular weight excluding hydrogens is 475 g/mol. The van der Waals surface area contributed by atoms with Crippen LogP contribution in [0.4, 0.5) is 4.39 Å². The second-order valence-corrected chi connectivity index (χ2v) is 10.4. The molecule has 1 atom stereocenters. The summed E-state index contributed by atoms with van der Waals surface area (Å²) < 4.78 is 20.2. The van der Waals surface area contributed by atoms with Crippen molar-refractivity contribution in [3.8, 4) is 28.3 Å². The number of nitrogens with zero attached hydrogens (tertiary/aromatic N) is 2. The summed E-state index contributed by atoms with van der Waals surface area (Å²) in [5.74, 6) is 0.181. The zero-order valence-corrected chi connectivity index (χ0v) is 23.3. The molecule has 1 aromatic heterocycles. The molecular formula is C33H43FN2O2. The van der Waals surface area contributed by atoms with Crippen molar-refractivity contribution < 1.29 is 13.9 Å². The second kappa shape index (κ2) is 15.4. The molecule has 5 heteroatoms. The first-order valence-corrected chi connectivity index (χ1v) is 14.4. The third kappa shape index (κ3) is 9.34. The highest BCUT2D eigenvalue weighted by atomic mass is 19.1. The van der Waals surface area contributed by atoms with E-state index in [1.54, 1.807) is 24.5 Å². The number of carbonyl (C=O) groups excluding carboxylic acids is 1. The molecule has 38 heavy (non-hydrogen) atoms. The number of unbranched alkanes of at least 4 members (excludes halogenated alkanes) is 8. The van der Waals surface area contributed by atoms with Crippen LogP contribution in [0, 0.1) is 0 Å². The van der Waals surface area contributed by atoms with E-state index in [0.717, 1.165) is 42.4 Å². The Hall–Kier alpha value is -3.08. The average molecular weight is 519 g/mol. The highest BCUT2D eigenvalue weighted by molar-refractivity contribution is 5.81. The molecule has 0 amide bonds. The third-order valence-corrected chi connectivity index (χ3v) is 7.01. The van der Waals surface area contributed by atoms with Gasteiger partial charge in [-0.2, -0.15) is 0 Å². The fraction of sp³-hybridized carbons (Fsp3) is 0.485. The Morgan fingerprint density at radius 3 is 1.92 bits per heavy atom. The number of aromatic nitrogens is 2. The van der Waals surface area contributed by atoms with Crippen molar-refractivity contribution in [2.24, 2.45) is 0 Å². The molecule has 0 aliphatic carbocycles. The van der Waals surface area contributed by atoms with Crippen LogP contribution in [0.3, 0.4) is 0 Å². The Kier molecular flexibility index (Phi) is 11.9. The number of ether oxygens (including phenoxy) is 1. The lowest BCUT2D eigenvalue weighted by Crippen LogP contribution is -2.34. The lowest BCUT2D eigenvalue weighted by atomic mass is 9.99. The molecule has 0 N–H and O–H groups in total. The van der Waals surface area contributed by atoms with Crippen molar-refractivity contribution in [3.05, 3.63) is 66.5 Å². The number of benzene rings is 2. The van der Waals surface area contributed by atoms with E-state index in [0.29, 0.717) is 18.0 Å². The van der Waals surface area contributed by atoms with E-state index in [2.05, 4.69) is 48.1 Å². The standard InChI is InChI=1S/C33H43FN2O2/c1-4-6-8-10-11-13-23-33(3,34)32(37)38-30-21-19-27(20-22-30)29-24-35-31(36-25-29)28-17-15-26(16-18-28)14-12-9-7-5-2/h15-22,24-25H,4-14,23H2,1-3H3. The number of esters is 1. The molecule has 0 bridgehead atoms. The lowest BCUT2D eigenvalue weighted by molar-refractivity contribution is -0.147. The Morgan fingerprint density at radius 2 is 1.29 bits per heavy atom. The quantitative estimate of drug-likeness (QED) is 0.108. The van der Waals surface area contributed by atoms with Gasteiger partial charge in [0.2, 0.25) is 5.67 Å². The molecule has 4 nitrogen and oxygen atoms in total. The maximum Gasteiger partial charge on any atom is 0.348 e. The molecule has 1 unspecified atom stereocenters. The van der Waals surface area contributed by atoms with E-state index in [-0.39, 0.29) is 6.42 Å². The third-order valence-electron chi connectivity index (χ3n) is 7.01. The van der Waals surface area contributed by atoms with Gasteiger partial charge in [-0.05, 0) is 55.9 Å². The molecule has 0 spiro atoms. The van der Waals surface area contributed by atoms with Crippen molar-refractivity contribution >= 4 is 5.97 Å². The van der Waals surface area contributed by atoms with Gasteiger partial charge in [0.05, 0.1) is 0 Å². The molecule has 3 aromatic rings. The van der Waals surface area contributed by atoms with Gasteiger partial charge in [0, 0.05) is 23.5 Å². The van der Waals surface area contributed by atoms with Gasteiger partial charge in [-0.1, -0.05) is 102 Å². The zero-order valence-electron chi connectivity index (χ0n) is 23.3. The first kappa shape index (κ1) is 29.5. The van der Waals surface area contributed by atoms with Crippen LogP contribution in [0.2, 0.25) is 0 Å². The van der Waals surface area contributed by atoms with Crippen LogP contribution in [-0.4, -0.2) is 21.6 Å². The van der Waals surface area contributed by atoms with Crippen LogP contribution < -0.4 is 4.74 Å². The van der Waals surface area contributed by atoms with Gasteiger partial charge in [-0.25, -0.2) is 19.2 Å². The van der Waals surface area contributed by atoms with Crippen molar-refractivity contribution in [1.29, 1.82) is 0 Å². The first-order valence-electron chi connectivity index (χ1n) is 14.4. The van der Waals surface area contributed by atoms with E-state index in [4.69, 9.17) is 4.74 Å². The van der Waals surface area contributed by atoms with Crippen molar-refractivity contribution in [2.45, 2.75) is 103 Å². The lowest BCUT2D eigenvalue weighted by Gasteiger charge is -2.18. The molecule has 0 radical (unpaired) electrons. The minimum Gasteiger partial charge on any atom is -0.424 e. The molecule has 0 saturated carbocycles. The predicted molar refractivity (Wildman–Crippen MR) is 154 cm³/mol. The van der Waals surface area contributed by atoms with Crippen molar-refractivity contribution in [3.63, 3.8) is 0 Å². The average Bonchev–Trinajstić information content (AvgIpc) is 2.94. The summed E-state index contributed by atoms with van der Waals surface area (Å²) in [5.41, 5.74) is 2.11. The van der Waals surface area contributed by atoms with Crippen LogP contribution in [-0.2, 0) is 11.2 Å². The number of hydrogen-bond acceptors (Lipinski definition) is 4. The highest BCUT2D eigenvalue weighted by Crippen LogP contribution is 2.26. The van der Waals surface area contributed by atoms with Gasteiger partial charge in [0.15, 0.2) is 5.82 Å². The monoisotopic (exact) mass is 518 g/mol. The van der Waals surface area contributed by atoms with Gasteiger partial charge in [0.1, 0.15) is 5.75 Å². The Labute approximate surface area is 228 Å². The fourth-order valence-corrected chi connectivity index (χ4v) is 4.47. The topological polar surface area (TPSA) is 52.1 Å². The molecule has 0 aliphatic rings. The summed E-state index contributed by atoms with van der Waals surface area (Å²) in [6, 6.07) is 15.5. The van der Waals surface area contributed by atoms with Gasteiger partial charge in [-0.15, -0.1) is 0 Å². The van der Waals surface area contributed by atoms with Crippen LogP contribution in [0.1, 0.15) is 97.0 Å². The van der Waals surface area contributed by atoms with E-state index >= 15 is 0 Å². The number of rotatable bonds is 16. The Balaban J connectivity index is 1.51. The molecule has 1 heterocycles. The van der Waals surface area contributed by atoms with Crippen LogP contribution in [0.5, 0.6) is 5.75 Å². The summed E-state index contributed by atoms with van der Waals surface area (Å²) in [6.07, 6.45) is 16.2. The predicted octanol–water partition coefficient (Wildman–Crippen LogP) is 9.32. The molecule has 2 aromatic carbocycles. The maximum absolute atomic E-state index is 14.9. The van der Waals surface area contributed by atoms with Gasteiger partial charge in [-0.3, -0.25) is 0 Å². The first-order chi connectivity index (χ1) is 18.4. The SMILES string of the molecule is CCCCCCCCC(C)(F)C(=O)Oc1ccc(-c2cnc(-c3ccc(CCCCCC)cc3)nc2)cc1. The summed E-state index contributed by atoms with van der Waals surface area (Å²) in [6.45, 7) is 5.71. The summed E-state index contributed by atoms with van der Waals surface area (Å²) in [4.78, 5) is 21.5. The minimum absolute atomic E-state index is 0.182. The van der Waals surface area contributed by atoms with E-state index in [1.807, 2.05) is 12.1 Å².